The van der Waals surface area contributed by atoms with Gasteiger partial charge in [0.2, 0.25) is 5.91 Å². The van der Waals surface area contributed by atoms with E-state index in [0.29, 0.717) is 12.1 Å². The van der Waals surface area contributed by atoms with Gasteiger partial charge in [-0.15, -0.1) is 6.58 Å². The van der Waals surface area contributed by atoms with E-state index in [0.717, 1.165) is 11.4 Å². The standard InChI is InChI=1S/C18H17N3O/c1-2-12-21(17-6-4-3-5-7-17)18(22)14-20-16-10-8-15(13-19)9-11-16/h2-11,20H,1,12,14H2. The predicted octanol–water partition coefficient (Wildman–Crippen LogP) is 3.19. The van der Waals surface area contributed by atoms with Crippen molar-refractivity contribution in [3.05, 3.63) is 72.8 Å². The molecule has 2 aromatic carbocycles. The van der Waals surface area contributed by atoms with Crippen LogP contribution in [-0.4, -0.2) is 19.0 Å². The average molecular weight is 291 g/mol. The van der Waals surface area contributed by atoms with Gasteiger partial charge in [-0.25, -0.2) is 0 Å². The van der Waals surface area contributed by atoms with Crippen LogP contribution in [0.25, 0.3) is 0 Å². The van der Waals surface area contributed by atoms with E-state index in [9.17, 15) is 4.79 Å². The predicted molar refractivity (Wildman–Crippen MR) is 88.6 cm³/mol. The number of para-hydroxylation sites is 1. The van der Waals surface area contributed by atoms with Gasteiger partial charge in [0.05, 0.1) is 18.2 Å². The van der Waals surface area contributed by atoms with E-state index in [1.165, 1.54) is 0 Å². The number of nitriles is 1. The summed E-state index contributed by atoms with van der Waals surface area (Å²) in [4.78, 5) is 14.1. The first-order chi connectivity index (χ1) is 10.7. The van der Waals surface area contributed by atoms with Gasteiger partial charge in [0, 0.05) is 17.9 Å². The Kier molecular flexibility index (Phi) is 5.33. The highest BCUT2D eigenvalue weighted by atomic mass is 16.2. The molecule has 1 N–H and O–H groups in total. The lowest BCUT2D eigenvalue weighted by Crippen LogP contribution is -2.35. The zero-order valence-corrected chi connectivity index (χ0v) is 12.2. The summed E-state index contributed by atoms with van der Waals surface area (Å²) in [5.74, 6) is -0.0459. The fourth-order valence-electron chi connectivity index (χ4n) is 2.02. The van der Waals surface area contributed by atoms with E-state index in [2.05, 4.69) is 18.0 Å². The summed E-state index contributed by atoms with van der Waals surface area (Å²) < 4.78 is 0. The van der Waals surface area contributed by atoms with Crippen LogP contribution in [0.1, 0.15) is 5.56 Å². The van der Waals surface area contributed by atoms with E-state index >= 15 is 0 Å². The third-order valence-electron chi connectivity index (χ3n) is 3.14. The van der Waals surface area contributed by atoms with Crippen LogP contribution in [0.2, 0.25) is 0 Å². The first-order valence-corrected chi connectivity index (χ1v) is 6.95. The maximum atomic E-state index is 12.4. The molecule has 0 saturated carbocycles. The topological polar surface area (TPSA) is 56.1 Å². The van der Waals surface area contributed by atoms with Gasteiger partial charge in [-0.3, -0.25) is 4.79 Å². The Morgan fingerprint density at radius 1 is 1.18 bits per heavy atom. The largest absolute Gasteiger partial charge is 0.376 e. The fraction of sp³-hybridized carbons (Fsp3) is 0.111. The van der Waals surface area contributed by atoms with E-state index in [4.69, 9.17) is 5.26 Å². The number of nitrogens with zero attached hydrogens (tertiary/aromatic N) is 2. The molecule has 0 bridgehead atoms. The highest BCUT2D eigenvalue weighted by molar-refractivity contribution is 5.96. The Morgan fingerprint density at radius 3 is 2.45 bits per heavy atom. The van der Waals surface area contributed by atoms with Crippen LogP contribution < -0.4 is 10.2 Å². The lowest BCUT2D eigenvalue weighted by molar-refractivity contribution is -0.116. The van der Waals surface area contributed by atoms with Crippen molar-refractivity contribution < 1.29 is 4.79 Å². The molecule has 0 aliphatic rings. The molecule has 0 atom stereocenters. The molecule has 0 saturated heterocycles. The molecule has 0 radical (unpaired) electrons. The Hall–Kier alpha value is -3.06. The maximum Gasteiger partial charge on any atom is 0.246 e. The molecule has 4 heteroatoms. The number of rotatable bonds is 6. The fourth-order valence-corrected chi connectivity index (χ4v) is 2.02. The second kappa shape index (κ2) is 7.65. The van der Waals surface area contributed by atoms with E-state index in [-0.39, 0.29) is 12.5 Å². The number of benzene rings is 2. The van der Waals surface area contributed by atoms with E-state index in [1.807, 2.05) is 30.3 Å². The van der Waals surface area contributed by atoms with Crippen molar-refractivity contribution >= 4 is 17.3 Å². The van der Waals surface area contributed by atoms with Crippen LogP contribution in [0, 0.1) is 11.3 Å². The molecule has 2 rings (SSSR count). The van der Waals surface area contributed by atoms with Crippen LogP contribution in [0.3, 0.4) is 0 Å². The van der Waals surface area contributed by atoms with Gasteiger partial charge in [0.15, 0.2) is 0 Å². The molecule has 0 aliphatic carbocycles. The Morgan fingerprint density at radius 2 is 1.86 bits per heavy atom. The Balaban J connectivity index is 2.02. The molecular weight excluding hydrogens is 274 g/mol. The maximum absolute atomic E-state index is 12.4. The number of hydrogen-bond acceptors (Lipinski definition) is 3. The van der Waals surface area contributed by atoms with E-state index in [1.54, 1.807) is 35.2 Å². The number of nitrogens with one attached hydrogen (secondary N) is 1. The summed E-state index contributed by atoms with van der Waals surface area (Å²) in [5, 5.41) is 11.8. The molecule has 0 aromatic heterocycles. The first-order valence-electron chi connectivity index (χ1n) is 6.95. The SMILES string of the molecule is C=CCN(C(=O)CNc1ccc(C#N)cc1)c1ccccc1. The lowest BCUT2D eigenvalue weighted by atomic mass is 10.2. The molecule has 0 spiro atoms. The third-order valence-corrected chi connectivity index (χ3v) is 3.14. The van der Waals surface area contributed by atoms with Gasteiger partial charge in [0.25, 0.3) is 0 Å². The van der Waals surface area contributed by atoms with Gasteiger partial charge in [-0.1, -0.05) is 24.3 Å². The molecule has 110 valence electrons. The summed E-state index contributed by atoms with van der Waals surface area (Å²) >= 11 is 0. The molecule has 1 amide bonds. The van der Waals surface area contributed by atoms with Gasteiger partial charge in [-0.05, 0) is 36.4 Å². The van der Waals surface area contributed by atoms with Crippen LogP contribution >= 0.6 is 0 Å². The molecule has 4 nitrogen and oxygen atoms in total. The zero-order chi connectivity index (χ0) is 15.8. The molecule has 22 heavy (non-hydrogen) atoms. The van der Waals surface area contributed by atoms with Crippen molar-refractivity contribution in [2.45, 2.75) is 0 Å². The second-order valence-electron chi connectivity index (χ2n) is 4.67. The number of hydrogen-bond donors (Lipinski definition) is 1. The van der Waals surface area contributed by atoms with Crippen LogP contribution in [0.4, 0.5) is 11.4 Å². The van der Waals surface area contributed by atoms with E-state index < -0.39 is 0 Å². The van der Waals surface area contributed by atoms with Crippen molar-refractivity contribution in [2.24, 2.45) is 0 Å². The molecular formula is C18H17N3O. The zero-order valence-electron chi connectivity index (χ0n) is 12.2. The third kappa shape index (κ3) is 3.97. The normalized spacial score (nSPS) is 9.59. The average Bonchev–Trinajstić information content (AvgIpc) is 2.58. The first kappa shape index (κ1) is 15.3. The lowest BCUT2D eigenvalue weighted by Gasteiger charge is -2.21. The van der Waals surface area contributed by atoms with Crippen molar-refractivity contribution in [3.8, 4) is 6.07 Å². The number of anilines is 2. The summed E-state index contributed by atoms with van der Waals surface area (Å²) in [6.45, 7) is 4.33. The van der Waals surface area contributed by atoms with Gasteiger partial charge in [-0.2, -0.15) is 5.26 Å². The summed E-state index contributed by atoms with van der Waals surface area (Å²) in [7, 11) is 0. The second-order valence-corrected chi connectivity index (χ2v) is 4.67. The number of carbonyl (C=O) groups is 1. The molecule has 2 aromatic rings. The summed E-state index contributed by atoms with van der Waals surface area (Å²) in [6, 6.07) is 18.5. The highest BCUT2D eigenvalue weighted by Gasteiger charge is 2.13. The van der Waals surface area contributed by atoms with Gasteiger partial charge < -0.3 is 10.2 Å². The minimum Gasteiger partial charge on any atom is -0.376 e. The quantitative estimate of drug-likeness (QED) is 0.832. The van der Waals surface area contributed by atoms with Crippen LogP contribution in [-0.2, 0) is 4.79 Å². The number of carbonyl (C=O) groups excluding carboxylic acids is 1. The molecule has 0 fully saturated rings. The smallest absolute Gasteiger partial charge is 0.246 e. The highest BCUT2D eigenvalue weighted by Crippen LogP contribution is 2.14. The molecule has 0 aliphatic heterocycles. The number of amides is 1. The van der Waals surface area contributed by atoms with Crippen LogP contribution in [0.15, 0.2) is 67.3 Å². The van der Waals surface area contributed by atoms with Crippen molar-refractivity contribution in [2.75, 3.05) is 23.3 Å². The van der Waals surface area contributed by atoms with Gasteiger partial charge >= 0.3 is 0 Å². The molecule has 0 heterocycles. The van der Waals surface area contributed by atoms with Crippen molar-refractivity contribution in [3.63, 3.8) is 0 Å². The minimum absolute atomic E-state index is 0.0459. The van der Waals surface area contributed by atoms with Gasteiger partial charge in [0.1, 0.15) is 0 Å². The summed E-state index contributed by atoms with van der Waals surface area (Å²) in [5.41, 5.74) is 2.24. The minimum atomic E-state index is -0.0459. The monoisotopic (exact) mass is 291 g/mol. The van der Waals surface area contributed by atoms with Crippen molar-refractivity contribution in [1.82, 2.24) is 0 Å². The Labute approximate surface area is 130 Å². The van der Waals surface area contributed by atoms with Crippen LogP contribution in [0.5, 0.6) is 0 Å². The Bertz CT molecular complexity index is 672. The summed E-state index contributed by atoms with van der Waals surface area (Å²) in [6.07, 6.45) is 1.70. The molecule has 0 unspecified atom stereocenters. The van der Waals surface area contributed by atoms with Crippen molar-refractivity contribution in [1.29, 1.82) is 5.26 Å².